The fraction of sp³-hybridized carbons (Fsp3) is 0.750. The molecule has 2 fully saturated rings. The Hall–Kier alpha value is -2.56. The molecule has 10 heteroatoms. The molecular formula is C32H52N3O7+. The van der Waals surface area contributed by atoms with Crippen LogP contribution >= 0.6 is 0 Å². The van der Waals surface area contributed by atoms with Crippen molar-refractivity contribution in [3.63, 3.8) is 0 Å². The predicted molar refractivity (Wildman–Crippen MR) is 160 cm³/mol. The minimum Gasteiger partial charge on any atom is -0.493 e. The maximum atomic E-state index is 13.8. The van der Waals surface area contributed by atoms with E-state index in [1.54, 1.807) is 7.11 Å². The number of carbonyl (C=O) groups is 2. The quantitative estimate of drug-likeness (QED) is 0.307. The summed E-state index contributed by atoms with van der Waals surface area (Å²) in [6, 6.07) is 3.48. The molecule has 0 saturated carbocycles. The molecule has 0 aromatic heterocycles. The number of fused-ring (bicyclic) bond motifs is 1. The lowest BCUT2D eigenvalue weighted by Crippen LogP contribution is -2.45. The lowest BCUT2D eigenvalue weighted by Gasteiger charge is -2.32. The van der Waals surface area contributed by atoms with Crippen LogP contribution in [0.15, 0.2) is 12.1 Å². The summed E-state index contributed by atoms with van der Waals surface area (Å²) in [7, 11) is 8.08. The van der Waals surface area contributed by atoms with Crippen LogP contribution in [0.5, 0.6) is 17.2 Å². The third kappa shape index (κ3) is 8.29. The van der Waals surface area contributed by atoms with Crippen molar-refractivity contribution in [1.29, 1.82) is 0 Å². The maximum Gasteiger partial charge on any atom is 0.308 e. The molecule has 1 aromatic carbocycles. The molecule has 3 heterocycles. The zero-order chi connectivity index (χ0) is 30.3. The van der Waals surface area contributed by atoms with Gasteiger partial charge in [-0.3, -0.25) is 14.5 Å². The number of hydrogen-bond acceptors (Lipinski definition) is 7. The predicted octanol–water partition coefficient (Wildman–Crippen LogP) is 3.97. The third-order valence-corrected chi connectivity index (χ3v) is 8.93. The molecule has 3 aliphatic heterocycles. The van der Waals surface area contributed by atoms with Crippen LogP contribution in [-0.4, -0.2) is 118 Å². The van der Waals surface area contributed by atoms with Gasteiger partial charge in [0.15, 0.2) is 11.5 Å². The van der Waals surface area contributed by atoms with Gasteiger partial charge in [-0.25, -0.2) is 0 Å². The molecule has 2 saturated heterocycles. The van der Waals surface area contributed by atoms with E-state index < -0.39 is 11.9 Å². The van der Waals surface area contributed by atoms with Gasteiger partial charge in [0.05, 0.1) is 53.4 Å². The molecule has 236 valence electrons. The second kappa shape index (κ2) is 14.8. The Bertz CT molecular complexity index is 1050. The molecule has 3 aliphatic rings. The molecule has 0 spiro atoms. The minimum atomic E-state index is -0.841. The van der Waals surface area contributed by atoms with Crippen molar-refractivity contribution >= 4 is 11.9 Å². The number of methoxy groups -OCH3 is 1. The first-order valence-electron chi connectivity index (χ1n) is 15.8. The highest BCUT2D eigenvalue weighted by molar-refractivity contribution is 5.79. The van der Waals surface area contributed by atoms with Gasteiger partial charge in [0.2, 0.25) is 18.4 Å². The number of carboxylic acids is 1. The van der Waals surface area contributed by atoms with E-state index in [1.807, 2.05) is 17.0 Å². The number of unbranched alkanes of at least 4 members (excludes halogenated alkanes) is 1. The zero-order valence-corrected chi connectivity index (χ0v) is 26.3. The summed E-state index contributed by atoms with van der Waals surface area (Å²) >= 11 is 0. The summed E-state index contributed by atoms with van der Waals surface area (Å²) in [5.74, 6) is -0.104. The van der Waals surface area contributed by atoms with Gasteiger partial charge >= 0.3 is 5.97 Å². The van der Waals surface area contributed by atoms with Gasteiger partial charge in [-0.1, -0.05) is 13.3 Å². The van der Waals surface area contributed by atoms with E-state index in [4.69, 9.17) is 18.9 Å². The highest BCUT2D eigenvalue weighted by Crippen LogP contribution is 2.47. The van der Waals surface area contributed by atoms with Crippen molar-refractivity contribution in [3.8, 4) is 17.2 Å². The molecule has 0 radical (unpaired) electrons. The Labute approximate surface area is 251 Å². The fourth-order valence-corrected chi connectivity index (χ4v) is 6.67. The van der Waals surface area contributed by atoms with E-state index in [0.29, 0.717) is 36.8 Å². The molecule has 0 bridgehead atoms. The third-order valence-electron chi connectivity index (χ3n) is 8.93. The maximum absolute atomic E-state index is 13.8. The number of hydrogen-bond donors (Lipinski definition) is 1. The number of amides is 1. The van der Waals surface area contributed by atoms with Crippen molar-refractivity contribution in [3.05, 3.63) is 17.7 Å². The average molecular weight is 591 g/mol. The Morgan fingerprint density at radius 3 is 2.57 bits per heavy atom. The smallest absolute Gasteiger partial charge is 0.308 e. The molecule has 10 nitrogen and oxygen atoms in total. The molecule has 42 heavy (non-hydrogen) atoms. The molecule has 1 unspecified atom stereocenters. The SMILES string of the molecule is CCCCN(CCC[N+](C)(C)C)C(=O)CN1C[C@H](c2cc(OC)c3c(c2)OCO3)[C@@H](C(=O)O)[C@@H]1CCC1CCCCO1. The number of quaternary nitrogens is 1. The van der Waals surface area contributed by atoms with Gasteiger partial charge in [-0.15, -0.1) is 0 Å². The van der Waals surface area contributed by atoms with Gasteiger partial charge in [0.25, 0.3) is 0 Å². The number of likely N-dealkylation sites (tertiary alicyclic amines) is 1. The van der Waals surface area contributed by atoms with Crippen molar-refractivity contribution in [1.82, 2.24) is 9.80 Å². The minimum absolute atomic E-state index is 0.0804. The van der Waals surface area contributed by atoms with Crippen LogP contribution in [0, 0.1) is 5.92 Å². The van der Waals surface area contributed by atoms with Gasteiger partial charge in [0.1, 0.15) is 0 Å². The fourth-order valence-electron chi connectivity index (χ4n) is 6.67. The largest absolute Gasteiger partial charge is 0.493 e. The van der Waals surface area contributed by atoms with E-state index >= 15 is 0 Å². The normalized spacial score (nSPS) is 24.1. The Morgan fingerprint density at radius 1 is 1.12 bits per heavy atom. The Balaban J connectivity index is 1.58. The first-order chi connectivity index (χ1) is 20.1. The summed E-state index contributed by atoms with van der Waals surface area (Å²) in [4.78, 5) is 30.9. The van der Waals surface area contributed by atoms with Crippen molar-refractivity contribution in [2.45, 2.75) is 76.4 Å². The Kier molecular flexibility index (Phi) is 11.4. The van der Waals surface area contributed by atoms with Crippen LogP contribution in [0.25, 0.3) is 0 Å². The molecule has 1 N–H and O–H groups in total. The highest BCUT2D eigenvalue weighted by Gasteiger charge is 2.47. The second-order valence-corrected chi connectivity index (χ2v) is 13.1. The highest BCUT2D eigenvalue weighted by atomic mass is 16.7. The number of ether oxygens (including phenoxy) is 4. The summed E-state index contributed by atoms with van der Waals surface area (Å²) < 4.78 is 23.7. The molecule has 1 amide bonds. The summed E-state index contributed by atoms with van der Waals surface area (Å²) in [5, 5.41) is 10.6. The van der Waals surface area contributed by atoms with Gasteiger partial charge in [-0.05, 0) is 56.2 Å². The van der Waals surface area contributed by atoms with Gasteiger partial charge < -0.3 is 33.4 Å². The molecule has 4 atom stereocenters. The summed E-state index contributed by atoms with van der Waals surface area (Å²) in [6.07, 6.45) is 7.72. The van der Waals surface area contributed by atoms with E-state index in [1.165, 1.54) is 0 Å². The second-order valence-electron chi connectivity index (χ2n) is 13.1. The van der Waals surface area contributed by atoms with Crippen LogP contribution in [-0.2, 0) is 14.3 Å². The van der Waals surface area contributed by atoms with Crippen LogP contribution in [0.1, 0.15) is 69.8 Å². The van der Waals surface area contributed by atoms with Crippen LogP contribution < -0.4 is 14.2 Å². The van der Waals surface area contributed by atoms with E-state index in [2.05, 4.69) is 33.0 Å². The summed E-state index contributed by atoms with van der Waals surface area (Å²) in [5.41, 5.74) is 0.836. The molecule has 0 aliphatic carbocycles. The monoisotopic (exact) mass is 590 g/mol. The average Bonchev–Trinajstić information content (AvgIpc) is 3.58. The van der Waals surface area contributed by atoms with E-state index in [9.17, 15) is 14.7 Å². The van der Waals surface area contributed by atoms with Gasteiger partial charge in [-0.2, -0.15) is 0 Å². The first-order valence-corrected chi connectivity index (χ1v) is 15.8. The number of carboxylic acid groups (broad SMARTS) is 1. The number of carbonyl (C=O) groups excluding carboxylic acids is 1. The number of nitrogens with zero attached hydrogens (tertiary/aromatic N) is 3. The summed E-state index contributed by atoms with van der Waals surface area (Å²) in [6.45, 7) is 6.13. The Morgan fingerprint density at radius 2 is 1.90 bits per heavy atom. The lowest BCUT2D eigenvalue weighted by molar-refractivity contribution is -0.870. The van der Waals surface area contributed by atoms with Crippen molar-refractivity contribution < 1.29 is 38.1 Å². The number of aliphatic carboxylic acids is 1. The number of rotatable bonds is 15. The lowest BCUT2D eigenvalue weighted by atomic mass is 9.83. The standard InChI is InChI=1S/C32H51N3O7/c1-6-7-14-33(15-10-16-35(2,3)4)29(36)21-34-20-25(23-18-27(39-5)31-28(19-23)41-22-42-31)30(32(37)38)26(34)13-12-24-11-8-9-17-40-24/h18-19,24-26,30H,6-17,20-22H2,1-5H3/p+1/t24?,25-,26+,30-/m1/s1. The topological polar surface area (TPSA) is 97.8 Å². The van der Waals surface area contributed by atoms with Crippen LogP contribution in [0.3, 0.4) is 0 Å². The molecule has 4 rings (SSSR count). The van der Waals surface area contributed by atoms with Crippen LogP contribution in [0.2, 0.25) is 0 Å². The van der Waals surface area contributed by atoms with Crippen LogP contribution in [0.4, 0.5) is 0 Å². The molecule has 1 aromatic rings. The van der Waals surface area contributed by atoms with E-state index in [0.717, 1.165) is 74.7 Å². The van der Waals surface area contributed by atoms with Crippen molar-refractivity contribution in [2.24, 2.45) is 5.92 Å². The van der Waals surface area contributed by atoms with Crippen molar-refractivity contribution in [2.75, 3.05) is 74.4 Å². The number of benzene rings is 1. The van der Waals surface area contributed by atoms with Gasteiger partial charge in [0, 0.05) is 44.6 Å². The first kappa shape index (κ1) is 32.4. The zero-order valence-electron chi connectivity index (χ0n) is 26.3. The molecular weight excluding hydrogens is 538 g/mol. The van der Waals surface area contributed by atoms with E-state index in [-0.39, 0.29) is 37.3 Å².